The molecule has 0 unspecified atom stereocenters. The van der Waals surface area contributed by atoms with Crippen molar-refractivity contribution in [3.05, 3.63) is 11.8 Å². The third-order valence-corrected chi connectivity index (χ3v) is 2.70. The third kappa shape index (κ3) is 5.57. The van der Waals surface area contributed by atoms with Gasteiger partial charge in [-0.2, -0.15) is 0 Å². The maximum atomic E-state index is 10.8. The van der Waals surface area contributed by atoms with Crippen LogP contribution in [0.1, 0.15) is 33.1 Å². The molecule has 0 amide bonds. The molecule has 1 heterocycles. The fourth-order valence-corrected chi connectivity index (χ4v) is 1.95. The largest absolute Gasteiger partial charge is 0.387 e. The topological polar surface area (TPSA) is 32.3 Å². The van der Waals surface area contributed by atoms with Crippen molar-refractivity contribution in [2.45, 2.75) is 33.1 Å². The van der Waals surface area contributed by atoms with Crippen molar-refractivity contribution in [3.63, 3.8) is 0 Å². The van der Waals surface area contributed by atoms with Crippen LogP contribution >= 0.6 is 0 Å². The van der Waals surface area contributed by atoms with Crippen molar-refractivity contribution in [1.82, 2.24) is 10.2 Å². The van der Waals surface area contributed by atoms with Gasteiger partial charge in [-0.25, -0.2) is 0 Å². The maximum absolute atomic E-state index is 10.8. The average molecular weight is 210 g/mol. The zero-order chi connectivity index (χ0) is 11.1. The summed E-state index contributed by atoms with van der Waals surface area (Å²) in [6.45, 7) is 8.01. The fraction of sp³-hybridized carbons (Fsp3) is 0.750. The summed E-state index contributed by atoms with van der Waals surface area (Å²) in [7, 11) is 0. The van der Waals surface area contributed by atoms with E-state index in [-0.39, 0.29) is 5.78 Å². The number of nitrogens with zero attached hydrogens (tertiary/aromatic N) is 1. The molecular formula is C12H22N2O. The van der Waals surface area contributed by atoms with Crippen LogP contribution in [-0.4, -0.2) is 36.9 Å². The molecule has 0 aliphatic carbocycles. The summed E-state index contributed by atoms with van der Waals surface area (Å²) in [6, 6.07) is 0. The zero-order valence-electron chi connectivity index (χ0n) is 9.88. The van der Waals surface area contributed by atoms with Crippen LogP contribution in [0.15, 0.2) is 11.8 Å². The van der Waals surface area contributed by atoms with Gasteiger partial charge in [0.1, 0.15) is 0 Å². The van der Waals surface area contributed by atoms with E-state index in [1.165, 1.54) is 32.4 Å². The normalized spacial score (nSPS) is 18.9. The van der Waals surface area contributed by atoms with E-state index in [1.54, 1.807) is 13.0 Å². The highest BCUT2D eigenvalue weighted by Crippen LogP contribution is 2.07. The summed E-state index contributed by atoms with van der Waals surface area (Å²) >= 11 is 0. The molecule has 86 valence electrons. The van der Waals surface area contributed by atoms with Crippen molar-refractivity contribution in [3.8, 4) is 0 Å². The molecule has 0 atom stereocenters. The van der Waals surface area contributed by atoms with Gasteiger partial charge in [0.15, 0.2) is 5.78 Å². The maximum Gasteiger partial charge on any atom is 0.154 e. The molecule has 1 N–H and O–H groups in total. The number of ketones is 1. The summed E-state index contributed by atoms with van der Waals surface area (Å²) in [5.41, 5.74) is 0.972. The number of carbonyl (C=O) groups excluding carboxylic acids is 1. The molecule has 0 aromatic carbocycles. The molecule has 0 aromatic heterocycles. The minimum Gasteiger partial charge on any atom is -0.387 e. The van der Waals surface area contributed by atoms with Gasteiger partial charge in [0.05, 0.1) is 0 Å². The number of piperidine rings is 1. The minimum absolute atomic E-state index is 0.109. The molecule has 0 spiro atoms. The van der Waals surface area contributed by atoms with Gasteiger partial charge in [-0.15, -0.1) is 0 Å². The van der Waals surface area contributed by atoms with Gasteiger partial charge >= 0.3 is 0 Å². The number of nitrogens with one attached hydrogen (secondary N) is 1. The predicted molar refractivity (Wildman–Crippen MR) is 62.7 cm³/mol. The first kappa shape index (κ1) is 12.2. The van der Waals surface area contributed by atoms with Gasteiger partial charge in [0.25, 0.3) is 0 Å². The van der Waals surface area contributed by atoms with E-state index in [0.717, 1.165) is 18.8 Å². The molecule has 1 rings (SSSR count). The monoisotopic (exact) mass is 210 g/mol. The van der Waals surface area contributed by atoms with Crippen molar-refractivity contribution >= 4 is 5.78 Å². The van der Waals surface area contributed by atoms with Gasteiger partial charge in [-0.05, 0) is 45.9 Å². The molecule has 0 saturated carbocycles. The van der Waals surface area contributed by atoms with Crippen LogP contribution in [0.5, 0.6) is 0 Å². The second-order valence-corrected chi connectivity index (χ2v) is 4.27. The van der Waals surface area contributed by atoms with Gasteiger partial charge in [0.2, 0.25) is 0 Å². The lowest BCUT2D eigenvalue weighted by molar-refractivity contribution is -0.112. The second-order valence-electron chi connectivity index (χ2n) is 4.27. The molecule has 0 bridgehead atoms. The Kier molecular flexibility index (Phi) is 5.40. The minimum atomic E-state index is 0.109. The van der Waals surface area contributed by atoms with E-state index in [9.17, 15) is 4.79 Å². The number of allylic oxidation sites excluding steroid dienone is 2. The van der Waals surface area contributed by atoms with Crippen molar-refractivity contribution in [2.24, 2.45) is 0 Å². The van der Waals surface area contributed by atoms with E-state index in [1.807, 2.05) is 6.92 Å². The summed E-state index contributed by atoms with van der Waals surface area (Å²) in [5, 5.41) is 3.26. The highest BCUT2D eigenvalue weighted by molar-refractivity contribution is 5.87. The Balaban J connectivity index is 2.12. The molecule has 1 saturated heterocycles. The van der Waals surface area contributed by atoms with E-state index >= 15 is 0 Å². The molecule has 0 radical (unpaired) electrons. The van der Waals surface area contributed by atoms with Gasteiger partial charge < -0.3 is 10.2 Å². The van der Waals surface area contributed by atoms with Crippen LogP contribution in [0.4, 0.5) is 0 Å². The number of carbonyl (C=O) groups is 1. The highest BCUT2D eigenvalue weighted by atomic mass is 16.1. The average Bonchev–Trinajstić information content (AvgIpc) is 2.18. The second kappa shape index (κ2) is 6.62. The summed E-state index contributed by atoms with van der Waals surface area (Å²) in [4.78, 5) is 13.3. The lowest BCUT2D eigenvalue weighted by Crippen LogP contribution is -2.35. The standard InChI is InChI=1S/C12H22N2O/c1-11(10-12(2)15)13-6-9-14-7-4-3-5-8-14/h10,13H,3-9H2,1-2H3/b11-10+. The van der Waals surface area contributed by atoms with Crippen molar-refractivity contribution in [2.75, 3.05) is 26.2 Å². The molecule has 1 aliphatic heterocycles. The highest BCUT2D eigenvalue weighted by Gasteiger charge is 2.08. The van der Waals surface area contributed by atoms with Crippen LogP contribution in [0.2, 0.25) is 0 Å². The quantitative estimate of drug-likeness (QED) is 0.699. The number of rotatable bonds is 5. The third-order valence-electron chi connectivity index (χ3n) is 2.70. The zero-order valence-corrected chi connectivity index (χ0v) is 9.88. The molecule has 15 heavy (non-hydrogen) atoms. The number of hydrogen-bond acceptors (Lipinski definition) is 3. The SMILES string of the molecule is CC(=O)/C=C(\C)NCCN1CCCCC1. The summed E-state index contributed by atoms with van der Waals surface area (Å²) < 4.78 is 0. The molecular weight excluding hydrogens is 188 g/mol. The van der Waals surface area contributed by atoms with Crippen LogP contribution < -0.4 is 5.32 Å². The first-order valence-corrected chi connectivity index (χ1v) is 5.83. The van der Waals surface area contributed by atoms with E-state index in [2.05, 4.69) is 10.2 Å². The van der Waals surface area contributed by atoms with Crippen LogP contribution in [0.3, 0.4) is 0 Å². The first-order chi connectivity index (χ1) is 7.18. The smallest absolute Gasteiger partial charge is 0.154 e. The van der Waals surface area contributed by atoms with Crippen LogP contribution in [-0.2, 0) is 4.79 Å². The van der Waals surface area contributed by atoms with E-state index in [0.29, 0.717) is 0 Å². The summed E-state index contributed by atoms with van der Waals surface area (Å²) in [5.74, 6) is 0.109. The molecule has 3 heteroatoms. The molecule has 0 aromatic rings. The Labute approximate surface area is 92.5 Å². The fourth-order valence-electron chi connectivity index (χ4n) is 1.95. The van der Waals surface area contributed by atoms with Crippen molar-refractivity contribution < 1.29 is 4.79 Å². The molecule has 1 aliphatic rings. The number of hydrogen-bond donors (Lipinski definition) is 1. The first-order valence-electron chi connectivity index (χ1n) is 5.83. The predicted octanol–water partition coefficient (Wildman–Crippen LogP) is 1.55. The van der Waals surface area contributed by atoms with Crippen molar-refractivity contribution in [1.29, 1.82) is 0 Å². The van der Waals surface area contributed by atoms with Gasteiger partial charge in [0, 0.05) is 18.8 Å². The van der Waals surface area contributed by atoms with Crippen LogP contribution in [0, 0.1) is 0 Å². The van der Waals surface area contributed by atoms with Gasteiger partial charge in [-0.1, -0.05) is 6.42 Å². The van der Waals surface area contributed by atoms with E-state index < -0.39 is 0 Å². The number of likely N-dealkylation sites (tertiary alicyclic amines) is 1. The molecule has 1 fully saturated rings. The van der Waals surface area contributed by atoms with Gasteiger partial charge in [-0.3, -0.25) is 4.79 Å². The Morgan fingerprint density at radius 2 is 1.93 bits per heavy atom. The Bertz CT molecular complexity index is 230. The summed E-state index contributed by atoms with van der Waals surface area (Å²) in [6.07, 6.45) is 5.70. The Morgan fingerprint density at radius 1 is 1.27 bits per heavy atom. The molecule has 3 nitrogen and oxygen atoms in total. The van der Waals surface area contributed by atoms with Crippen LogP contribution in [0.25, 0.3) is 0 Å². The lowest BCUT2D eigenvalue weighted by atomic mass is 10.1. The lowest BCUT2D eigenvalue weighted by Gasteiger charge is -2.26. The Morgan fingerprint density at radius 3 is 2.53 bits per heavy atom. The van der Waals surface area contributed by atoms with E-state index in [4.69, 9.17) is 0 Å². The Hall–Kier alpha value is -0.830.